The first-order valence-electron chi connectivity index (χ1n) is 8.64. The van der Waals surface area contributed by atoms with Crippen molar-refractivity contribution in [2.45, 2.75) is 51.7 Å². The highest BCUT2D eigenvalue weighted by atomic mass is 16.5. The molecule has 0 bridgehead atoms. The molecule has 2 aliphatic rings. The minimum absolute atomic E-state index is 0.0430. The molecule has 2 aliphatic heterocycles. The van der Waals surface area contributed by atoms with Gasteiger partial charge in [0, 0.05) is 18.8 Å². The fraction of sp³-hybridized carbons (Fsp3) is 0.556. The van der Waals surface area contributed by atoms with Crippen molar-refractivity contribution >= 4 is 23.2 Å². The van der Waals surface area contributed by atoms with Crippen LogP contribution in [0.2, 0.25) is 0 Å². The van der Waals surface area contributed by atoms with Gasteiger partial charge in [-0.25, -0.2) is 0 Å². The molecule has 1 saturated heterocycles. The second-order valence-corrected chi connectivity index (χ2v) is 6.28. The van der Waals surface area contributed by atoms with Crippen LogP contribution in [0.15, 0.2) is 18.2 Å². The lowest BCUT2D eigenvalue weighted by Crippen LogP contribution is -2.44. The summed E-state index contributed by atoms with van der Waals surface area (Å²) in [5.41, 5.74) is 1.37. The molecule has 1 aromatic rings. The Labute approximate surface area is 142 Å². The highest BCUT2D eigenvalue weighted by molar-refractivity contribution is 6.01. The van der Waals surface area contributed by atoms with E-state index in [1.54, 1.807) is 17.9 Å². The van der Waals surface area contributed by atoms with E-state index >= 15 is 0 Å². The van der Waals surface area contributed by atoms with Crippen LogP contribution in [0, 0.1) is 0 Å². The summed E-state index contributed by atoms with van der Waals surface area (Å²) in [4.78, 5) is 26.4. The average Bonchev–Trinajstić information content (AvgIpc) is 3.10. The van der Waals surface area contributed by atoms with Gasteiger partial charge >= 0.3 is 0 Å². The summed E-state index contributed by atoms with van der Waals surface area (Å²) in [7, 11) is 0. The van der Waals surface area contributed by atoms with Crippen molar-refractivity contribution in [1.82, 2.24) is 0 Å². The Balaban J connectivity index is 1.80. The topological polar surface area (TPSA) is 67.9 Å². The van der Waals surface area contributed by atoms with Crippen LogP contribution in [-0.2, 0) is 14.3 Å². The zero-order valence-corrected chi connectivity index (χ0v) is 14.2. The van der Waals surface area contributed by atoms with E-state index in [9.17, 15) is 9.59 Å². The zero-order valence-electron chi connectivity index (χ0n) is 14.2. The van der Waals surface area contributed by atoms with Crippen molar-refractivity contribution in [3.63, 3.8) is 0 Å². The molecule has 0 aliphatic carbocycles. The van der Waals surface area contributed by atoms with Crippen LogP contribution in [0.4, 0.5) is 11.4 Å². The SMILES string of the molecule is CCCCN1C(=O)C(C)Oc2ccc(NC(=O)C3CCCO3)cc21. The molecule has 1 fully saturated rings. The number of nitrogens with one attached hydrogen (secondary N) is 1. The lowest BCUT2D eigenvalue weighted by Gasteiger charge is -2.33. The second kappa shape index (κ2) is 7.21. The Bertz CT molecular complexity index is 625. The smallest absolute Gasteiger partial charge is 0.267 e. The Hall–Kier alpha value is -2.08. The number of rotatable bonds is 5. The van der Waals surface area contributed by atoms with Gasteiger partial charge in [-0.3, -0.25) is 9.59 Å². The van der Waals surface area contributed by atoms with Crippen molar-refractivity contribution in [2.24, 2.45) is 0 Å². The molecule has 1 N–H and O–H groups in total. The summed E-state index contributed by atoms with van der Waals surface area (Å²) in [6, 6.07) is 5.41. The van der Waals surface area contributed by atoms with E-state index in [1.807, 2.05) is 12.1 Å². The normalized spacial score (nSPS) is 22.9. The number of hydrogen-bond donors (Lipinski definition) is 1. The standard InChI is InChI=1S/C18H24N2O4/c1-3-4-9-20-14-11-13(19-17(21)16-6-5-10-23-16)7-8-15(14)24-12(2)18(20)22/h7-8,11-12,16H,3-6,9-10H2,1-2H3,(H,19,21). The maximum atomic E-state index is 12.4. The minimum atomic E-state index is -0.485. The third-order valence-corrected chi connectivity index (χ3v) is 4.39. The van der Waals surface area contributed by atoms with Gasteiger partial charge in [0.25, 0.3) is 11.8 Å². The van der Waals surface area contributed by atoms with E-state index in [0.717, 1.165) is 31.4 Å². The molecular formula is C18H24N2O4. The van der Waals surface area contributed by atoms with Crippen molar-refractivity contribution in [2.75, 3.05) is 23.4 Å². The van der Waals surface area contributed by atoms with E-state index in [2.05, 4.69) is 12.2 Å². The largest absolute Gasteiger partial charge is 0.479 e. The number of amides is 2. The maximum Gasteiger partial charge on any atom is 0.267 e. The van der Waals surface area contributed by atoms with Gasteiger partial charge in [0.1, 0.15) is 11.9 Å². The number of carbonyl (C=O) groups excluding carboxylic acids is 2. The van der Waals surface area contributed by atoms with Crippen LogP contribution in [0.25, 0.3) is 0 Å². The van der Waals surface area contributed by atoms with Gasteiger partial charge < -0.3 is 19.7 Å². The van der Waals surface area contributed by atoms with E-state index in [4.69, 9.17) is 9.47 Å². The van der Waals surface area contributed by atoms with Crippen LogP contribution >= 0.6 is 0 Å². The first-order valence-corrected chi connectivity index (χ1v) is 8.64. The lowest BCUT2D eigenvalue weighted by molar-refractivity contribution is -0.125. The van der Waals surface area contributed by atoms with E-state index in [0.29, 0.717) is 24.6 Å². The Kier molecular flexibility index (Phi) is 5.04. The summed E-state index contributed by atoms with van der Waals surface area (Å²) in [6.07, 6.45) is 2.72. The number of fused-ring (bicyclic) bond motifs is 1. The Morgan fingerprint density at radius 1 is 1.42 bits per heavy atom. The Morgan fingerprint density at radius 3 is 2.96 bits per heavy atom. The maximum absolute atomic E-state index is 12.4. The summed E-state index contributed by atoms with van der Waals surface area (Å²) >= 11 is 0. The predicted octanol–water partition coefficient (Wildman–Crippen LogP) is 2.72. The summed E-state index contributed by atoms with van der Waals surface area (Å²) < 4.78 is 11.1. The Morgan fingerprint density at radius 2 is 2.25 bits per heavy atom. The second-order valence-electron chi connectivity index (χ2n) is 6.28. The molecule has 130 valence electrons. The molecule has 24 heavy (non-hydrogen) atoms. The molecule has 0 spiro atoms. The summed E-state index contributed by atoms with van der Waals surface area (Å²) in [5.74, 6) is 0.496. The van der Waals surface area contributed by atoms with Gasteiger partial charge in [0.15, 0.2) is 6.10 Å². The first-order chi connectivity index (χ1) is 11.6. The number of anilines is 2. The third-order valence-electron chi connectivity index (χ3n) is 4.39. The summed E-state index contributed by atoms with van der Waals surface area (Å²) in [5, 5.41) is 2.88. The monoisotopic (exact) mass is 332 g/mol. The van der Waals surface area contributed by atoms with Crippen molar-refractivity contribution in [3.8, 4) is 5.75 Å². The van der Waals surface area contributed by atoms with Crippen molar-refractivity contribution < 1.29 is 19.1 Å². The predicted molar refractivity (Wildman–Crippen MR) is 91.4 cm³/mol. The molecule has 1 aromatic carbocycles. The molecule has 0 aromatic heterocycles. The molecule has 2 heterocycles. The van der Waals surface area contributed by atoms with E-state index in [1.165, 1.54) is 0 Å². The van der Waals surface area contributed by atoms with Crippen LogP contribution < -0.4 is 15.0 Å². The van der Waals surface area contributed by atoms with Gasteiger partial charge in [-0.05, 0) is 44.4 Å². The number of ether oxygens (including phenoxy) is 2. The lowest BCUT2D eigenvalue weighted by atomic mass is 10.1. The summed E-state index contributed by atoms with van der Waals surface area (Å²) in [6.45, 7) is 5.14. The van der Waals surface area contributed by atoms with E-state index in [-0.39, 0.29) is 17.9 Å². The van der Waals surface area contributed by atoms with Crippen LogP contribution in [0.1, 0.15) is 39.5 Å². The average molecular weight is 332 g/mol. The van der Waals surface area contributed by atoms with Crippen molar-refractivity contribution in [1.29, 1.82) is 0 Å². The fourth-order valence-corrected chi connectivity index (χ4v) is 3.04. The van der Waals surface area contributed by atoms with Crippen LogP contribution in [0.3, 0.4) is 0 Å². The quantitative estimate of drug-likeness (QED) is 0.900. The number of nitrogens with zero attached hydrogens (tertiary/aromatic N) is 1. The van der Waals surface area contributed by atoms with Gasteiger partial charge in [0.05, 0.1) is 5.69 Å². The molecule has 3 rings (SSSR count). The van der Waals surface area contributed by atoms with Gasteiger partial charge in [0.2, 0.25) is 0 Å². The number of benzene rings is 1. The number of hydrogen-bond acceptors (Lipinski definition) is 4. The molecule has 6 heteroatoms. The molecule has 0 radical (unpaired) electrons. The molecule has 2 atom stereocenters. The third kappa shape index (κ3) is 3.38. The molecule has 6 nitrogen and oxygen atoms in total. The molecule has 0 saturated carbocycles. The van der Waals surface area contributed by atoms with Gasteiger partial charge in [-0.15, -0.1) is 0 Å². The number of carbonyl (C=O) groups is 2. The fourth-order valence-electron chi connectivity index (χ4n) is 3.04. The molecule has 2 unspecified atom stereocenters. The number of unbranched alkanes of at least 4 members (excludes halogenated alkanes) is 1. The van der Waals surface area contributed by atoms with E-state index < -0.39 is 6.10 Å². The zero-order chi connectivity index (χ0) is 17.1. The molecule has 2 amide bonds. The van der Waals surface area contributed by atoms with Gasteiger partial charge in [-0.1, -0.05) is 13.3 Å². The minimum Gasteiger partial charge on any atom is -0.479 e. The molecular weight excluding hydrogens is 308 g/mol. The highest BCUT2D eigenvalue weighted by Crippen LogP contribution is 2.36. The van der Waals surface area contributed by atoms with Crippen LogP contribution in [-0.4, -0.2) is 37.2 Å². The van der Waals surface area contributed by atoms with Crippen LogP contribution in [0.5, 0.6) is 5.75 Å². The first kappa shape index (κ1) is 16.8. The van der Waals surface area contributed by atoms with Crippen molar-refractivity contribution in [3.05, 3.63) is 18.2 Å². The van der Waals surface area contributed by atoms with Gasteiger partial charge in [-0.2, -0.15) is 0 Å². The highest BCUT2D eigenvalue weighted by Gasteiger charge is 2.31.